The third-order valence-electron chi connectivity index (χ3n) is 2.95. The summed E-state index contributed by atoms with van der Waals surface area (Å²) in [5.74, 6) is 0.546. The number of hydrogen-bond acceptors (Lipinski definition) is 3. The van der Waals surface area contributed by atoms with Gasteiger partial charge in [-0.1, -0.05) is 18.2 Å². The lowest BCUT2D eigenvalue weighted by molar-refractivity contribution is 0.210. The van der Waals surface area contributed by atoms with E-state index in [4.69, 9.17) is 0 Å². The molecule has 0 radical (unpaired) electrons. The lowest BCUT2D eigenvalue weighted by Gasteiger charge is -2.25. The first kappa shape index (κ1) is 12.8. The summed E-state index contributed by atoms with van der Waals surface area (Å²) < 4.78 is -0.219. The van der Waals surface area contributed by atoms with Crippen molar-refractivity contribution in [1.82, 2.24) is 4.90 Å². The van der Waals surface area contributed by atoms with Crippen molar-refractivity contribution in [2.45, 2.75) is 24.6 Å². The molecular formula is C13H15N3OS. The predicted octanol–water partition coefficient (Wildman–Crippen LogP) is 2.90. The Balaban J connectivity index is 2.09. The zero-order chi connectivity index (χ0) is 13.2. The maximum Gasteiger partial charge on any atom is 0.323 e. The molecule has 5 heteroatoms. The van der Waals surface area contributed by atoms with Crippen LogP contribution in [0, 0.1) is 11.3 Å². The Bertz CT molecular complexity index is 481. The summed E-state index contributed by atoms with van der Waals surface area (Å²) in [7, 11) is 0. The van der Waals surface area contributed by atoms with E-state index >= 15 is 0 Å². The maximum absolute atomic E-state index is 12.1. The molecule has 4 nitrogen and oxygen atoms in total. The Morgan fingerprint density at radius 3 is 2.78 bits per heavy atom. The molecule has 0 spiro atoms. The fourth-order valence-corrected chi connectivity index (χ4v) is 2.96. The molecule has 1 heterocycles. The van der Waals surface area contributed by atoms with Crippen LogP contribution < -0.4 is 5.32 Å². The van der Waals surface area contributed by atoms with E-state index in [1.165, 1.54) is 0 Å². The number of anilines is 1. The molecule has 1 fully saturated rings. The topological polar surface area (TPSA) is 56.1 Å². The highest BCUT2D eigenvalue weighted by Crippen LogP contribution is 2.38. The van der Waals surface area contributed by atoms with Crippen LogP contribution in [-0.2, 0) is 0 Å². The van der Waals surface area contributed by atoms with Crippen LogP contribution in [0.25, 0.3) is 0 Å². The normalized spacial score (nSPS) is 21.4. The minimum absolute atomic E-state index is 0.217. The van der Waals surface area contributed by atoms with Crippen molar-refractivity contribution < 1.29 is 4.79 Å². The van der Waals surface area contributed by atoms with Crippen molar-refractivity contribution in [2.75, 3.05) is 11.2 Å². The van der Waals surface area contributed by atoms with Gasteiger partial charge in [0.2, 0.25) is 0 Å². The van der Waals surface area contributed by atoms with Gasteiger partial charge in [-0.25, -0.2) is 4.79 Å². The van der Waals surface area contributed by atoms with E-state index in [0.29, 0.717) is 5.88 Å². The van der Waals surface area contributed by atoms with E-state index in [1.54, 1.807) is 16.7 Å². The van der Waals surface area contributed by atoms with Gasteiger partial charge in [0, 0.05) is 10.4 Å². The second-order valence-electron chi connectivity index (χ2n) is 4.67. The van der Waals surface area contributed by atoms with E-state index in [-0.39, 0.29) is 10.8 Å². The molecule has 1 aromatic carbocycles. The second kappa shape index (κ2) is 4.91. The van der Waals surface area contributed by atoms with Gasteiger partial charge < -0.3 is 5.32 Å². The number of urea groups is 1. The first-order chi connectivity index (χ1) is 8.54. The van der Waals surface area contributed by atoms with Gasteiger partial charge in [0.05, 0.1) is 11.9 Å². The summed E-state index contributed by atoms with van der Waals surface area (Å²) in [5.41, 5.74) is 0.744. The fraction of sp³-hybridized carbons (Fsp3) is 0.385. The molecule has 2 amide bonds. The van der Waals surface area contributed by atoms with Crippen molar-refractivity contribution in [3.8, 4) is 6.07 Å². The summed E-state index contributed by atoms with van der Waals surface area (Å²) in [6.45, 7) is 3.97. The average Bonchev–Trinajstić information content (AvgIpc) is 2.65. The van der Waals surface area contributed by atoms with Crippen molar-refractivity contribution in [1.29, 1.82) is 5.26 Å². The molecule has 1 N–H and O–H groups in total. The Morgan fingerprint density at radius 2 is 2.17 bits per heavy atom. The molecule has 1 aliphatic heterocycles. The quantitative estimate of drug-likeness (QED) is 0.845. The van der Waals surface area contributed by atoms with Gasteiger partial charge in [-0.15, -0.1) is 11.8 Å². The molecule has 0 saturated carbocycles. The molecule has 18 heavy (non-hydrogen) atoms. The molecule has 1 atom stereocenters. The number of benzene rings is 1. The summed E-state index contributed by atoms with van der Waals surface area (Å²) in [6, 6.07) is 10.9. The molecule has 0 aliphatic carbocycles. The van der Waals surface area contributed by atoms with Gasteiger partial charge in [-0.2, -0.15) is 5.26 Å². The van der Waals surface area contributed by atoms with E-state index in [9.17, 15) is 10.1 Å². The van der Waals surface area contributed by atoms with Crippen LogP contribution in [-0.4, -0.2) is 27.6 Å². The molecule has 1 aliphatic rings. The van der Waals surface area contributed by atoms with E-state index in [2.05, 4.69) is 11.4 Å². The Labute approximate surface area is 111 Å². The molecule has 1 saturated heterocycles. The van der Waals surface area contributed by atoms with Gasteiger partial charge in [0.25, 0.3) is 0 Å². The number of rotatable bonds is 1. The van der Waals surface area contributed by atoms with Gasteiger partial charge in [-0.3, -0.25) is 4.90 Å². The number of nitrogens with one attached hydrogen (secondary N) is 1. The highest BCUT2D eigenvalue weighted by molar-refractivity contribution is 8.00. The maximum atomic E-state index is 12.1. The van der Waals surface area contributed by atoms with E-state index in [1.807, 2.05) is 44.2 Å². The second-order valence-corrected chi connectivity index (χ2v) is 6.27. The third kappa shape index (κ3) is 2.44. The van der Waals surface area contributed by atoms with Gasteiger partial charge in [0.1, 0.15) is 6.04 Å². The number of amides is 2. The highest BCUT2D eigenvalue weighted by atomic mass is 32.2. The zero-order valence-electron chi connectivity index (χ0n) is 10.4. The smallest absolute Gasteiger partial charge is 0.308 e. The summed E-state index contributed by atoms with van der Waals surface area (Å²) in [5, 5.41) is 12.0. The van der Waals surface area contributed by atoms with Crippen LogP contribution in [0.15, 0.2) is 30.3 Å². The Kier molecular flexibility index (Phi) is 3.48. The molecule has 2 rings (SSSR count). The van der Waals surface area contributed by atoms with Gasteiger partial charge in [-0.05, 0) is 26.0 Å². The largest absolute Gasteiger partial charge is 0.323 e. The van der Waals surface area contributed by atoms with Crippen molar-refractivity contribution in [3.63, 3.8) is 0 Å². The SMILES string of the molecule is CC1(C)SCN(C(=O)Nc2ccccc2)C1C#N. The number of nitriles is 1. The number of carbonyl (C=O) groups is 1. The summed E-state index contributed by atoms with van der Waals surface area (Å²) >= 11 is 1.62. The Morgan fingerprint density at radius 1 is 1.50 bits per heavy atom. The predicted molar refractivity (Wildman–Crippen MR) is 73.2 cm³/mol. The molecule has 0 bridgehead atoms. The standard InChI is InChI=1S/C13H15N3OS/c1-13(2)11(8-14)16(9-18-13)12(17)15-10-6-4-3-5-7-10/h3-7,11H,9H2,1-2H3,(H,15,17). The fourth-order valence-electron chi connectivity index (χ4n) is 1.88. The van der Waals surface area contributed by atoms with Gasteiger partial charge in [0.15, 0.2) is 0 Å². The molecule has 0 aromatic heterocycles. The lowest BCUT2D eigenvalue weighted by Crippen LogP contribution is -2.44. The summed E-state index contributed by atoms with van der Waals surface area (Å²) in [4.78, 5) is 13.7. The average molecular weight is 261 g/mol. The number of para-hydroxylation sites is 1. The minimum atomic E-state index is -0.397. The number of thioether (sulfide) groups is 1. The first-order valence-corrected chi connectivity index (χ1v) is 6.69. The van der Waals surface area contributed by atoms with Crippen LogP contribution in [0.4, 0.5) is 10.5 Å². The summed E-state index contributed by atoms with van der Waals surface area (Å²) in [6.07, 6.45) is 0. The number of carbonyl (C=O) groups excluding carboxylic acids is 1. The zero-order valence-corrected chi connectivity index (χ0v) is 11.2. The third-order valence-corrected chi connectivity index (χ3v) is 4.33. The van der Waals surface area contributed by atoms with E-state index < -0.39 is 6.04 Å². The lowest BCUT2D eigenvalue weighted by atomic mass is 10.0. The monoisotopic (exact) mass is 261 g/mol. The molecule has 1 unspecified atom stereocenters. The minimum Gasteiger partial charge on any atom is -0.308 e. The van der Waals surface area contributed by atoms with Gasteiger partial charge >= 0.3 is 6.03 Å². The van der Waals surface area contributed by atoms with E-state index in [0.717, 1.165) is 5.69 Å². The van der Waals surface area contributed by atoms with Crippen LogP contribution in [0.1, 0.15) is 13.8 Å². The first-order valence-electron chi connectivity index (χ1n) is 5.71. The molecular weight excluding hydrogens is 246 g/mol. The van der Waals surface area contributed by atoms with Crippen LogP contribution in [0.3, 0.4) is 0 Å². The van der Waals surface area contributed by atoms with Crippen LogP contribution in [0.5, 0.6) is 0 Å². The van der Waals surface area contributed by atoms with Crippen LogP contribution in [0.2, 0.25) is 0 Å². The number of hydrogen-bond donors (Lipinski definition) is 1. The van der Waals surface area contributed by atoms with Crippen molar-refractivity contribution in [2.24, 2.45) is 0 Å². The van der Waals surface area contributed by atoms with Crippen molar-refractivity contribution >= 4 is 23.5 Å². The highest BCUT2D eigenvalue weighted by Gasteiger charge is 2.43. The number of nitrogens with zero attached hydrogens (tertiary/aromatic N) is 2. The van der Waals surface area contributed by atoms with Crippen molar-refractivity contribution in [3.05, 3.63) is 30.3 Å². The molecule has 1 aromatic rings. The Hall–Kier alpha value is -1.67. The van der Waals surface area contributed by atoms with Crippen LogP contribution >= 0.6 is 11.8 Å². The molecule has 94 valence electrons.